The van der Waals surface area contributed by atoms with Gasteiger partial charge in [0.25, 0.3) is 18.4 Å². The lowest BCUT2D eigenvalue weighted by atomic mass is 9.75. The van der Waals surface area contributed by atoms with E-state index in [2.05, 4.69) is 4.99 Å². The molecule has 1 aliphatic carbocycles. The van der Waals surface area contributed by atoms with Crippen molar-refractivity contribution < 1.29 is 31.5 Å². The van der Waals surface area contributed by atoms with Crippen LogP contribution in [0.15, 0.2) is 23.2 Å². The molecule has 5 nitrogen and oxygen atoms in total. The van der Waals surface area contributed by atoms with Crippen LogP contribution >= 0.6 is 0 Å². The summed E-state index contributed by atoms with van der Waals surface area (Å²) in [6, 6.07) is 1.85. The van der Waals surface area contributed by atoms with Crippen molar-refractivity contribution in [2.75, 3.05) is 0 Å². The Bertz CT molecular complexity index is 755. The highest BCUT2D eigenvalue weighted by Gasteiger charge is 2.63. The first-order chi connectivity index (χ1) is 11.6. The third-order valence-corrected chi connectivity index (χ3v) is 4.61. The first-order valence-corrected chi connectivity index (χ1v) is 7.34. The zero-order chi connectivity index (χ0) is 18.6. The van der Waals surface area contributed by atoms with Gasteiger partial charge in [-0.1, -0.05) is 0 Å². The molecule has 1 fully saturated rings. The molecule has 3 atom stereocenters. The molecule has 3 rings (SSSR count). The first kappa shape index (κ1) is 17.4. The van der Waals surface area contributed by atoms with Gasteiger partial charge < -0.3 is 16.2 Å². The van der Waals surface area contributed by atoms with Gasteiger partial charge in [0.05, 0.1) is 0 Å². The molecule has 0 radical (unpaired) electrons. The number of carbonyl (C=O) groups excluding carboxylic acids is 1. The number of fused-ring (bicyclic) bond motifs is 1. The maximum Gasteiger partial charge on any atom is 0.283 e. The number of halogens is 5. The lowest BCUT2D eigenvalue weighted by Crippen LogP contribution is -2.51. The number of alkyl halides is 4. The third-order valence-electron chi connectivity index (χ3n) is 4.61. The Kier molecular flexibility index (Phi) is 3.88. The molecule has 0 spiro atoms. The molecule has 2 aliphatic rings. The fourth-order valence-electron chi connectivity index (χ4n) is 3.56. The van der Waals surface area contributed by atoms with Crippen LogP contribution in [-0.2, 0) is 10.3 Å². The van der Waals surface area contributed by atoms with E-state index in [0.29, 0.717) is 0 Å². The Morgan fingerprint density at radius 1 is 1.32 bits per heavy atom. The standard InChI is InChI=1S/C15H14F5N3O2/c16-9-2-1-6(11(21)24)3-7(9)15(12(17)18)8-4-14(19,20)5-10(8)25-13(22)23-15/h1-3,8,10,12H,4-5H2,(H2,21,24)(H2,22,23). The summed E-state index contributed by atoms with van der Waals surface area (Å²) in [6.07, 6.45) is -6.52. The van der Waals surface area contributed by atoms with E-state index in [4.69, 9.17) is 16.2 Å². The molecular formula is C15H14F5N3O2. The van der Waals surface area contributed by atoms with Crippen LogP contribution in [0.2, 0.25) is 0 Å². The Morgan fingerprint density at radius 3 is 2.60 bits per heavy atom. The Hall–Kier alpha value is -2.39. The van der Waals surface area contributed by atoms with E-state index < -0.39 is 66.1 Å². The molecule has 1 aromatic carbocycles. The largest absolute Gasteiger partial charge is 0.461 e. The van der Waals surface area contributed by atoms with Gasteiger partial charge in [-0.3, -0.25) is 4.79 Å². The molecule has 0 bridgehead atoms. The van der Waals surface area contributed by atoms with Crippen molar-refractivity contribution in [3.05, 3.63) is 35.1 Å². The molecule has 1 amide bonds. The summed E-state index contributed by atoms with van der Waals surface area (Å²) < 4.78 is 75.2. The summed E-state index contributed by atoms with van der Waals surface area (Å²) in [5.41, 5.74) is 6.86. The lowest BCUT2D eigenvalue weighted by Gasteiger charge is -2.41. The number of amides is 1. The van der Waals surface area contributed by atoms with E-state index in [0.717, 1.165) is 18.2 Å². The van der Waals surface area contributed by atoms with Crippen molar-refractivity contribution in [3.63, 3.8) is 0 Å². The van der Waals surface area contributed by atoms with Crippen molar-refractivity contribution in [2.24, 2.45) is 22.4 Å². The summed E-state index contributed by atoms with van der Waals surface area (Å²) >= 11 is 0. The normalized spacial score (nSPS) is 30.6. The van der Waals surface area contributed by atoms with Gasteiger partial charge >= 0.3 is 0 Å². The maximum absolute atomic E-state index is 14.4. The topological polar surface area (TPSA) is 90.7 Å². The number of rotatable bonds is 3. The number of hydrogen-bond donors (Lipinski definition) is 2. The fourth-order valence-corrected chi connectivity index (χ4v) is 3.56. The Labute approximate surface area is 138 Å². The van der Waals surface area contributed by atoms with Gasteiger partial charge in [-0.15, -0.1) is 0 Å². The quantitative estimate of drug-likeness (QED) is 0.806. The molecule has 136 valence electrons. The number of primary amides is 1. The summed E-state index contributed by atoms with van der Waals surface area (Å²) in [5.74, 6) is -6.92. The number of amidine groups is 1. The van der Waals surface area contributed by atoms with E-state index in [1.807, 2.05) is 0 Å². The van der Waals surface area contributed by atoms with Gasteiger partial charge in [-0.05, 0) is 18.2 Å². The smallest absolute Gasteiger partial charge is 0.283 e. The molecule has 3 unspecified atom stereocenters. The lowest BCUT2D eigenvalue weighted by molar-refractivity contribution is -0.0392. The van der Waals surface area contributed by atoms with Crippen molar-refractivity contribution in [3.8, 4) is 0 Å². The number of carbonyl (C=O) groups is 1. The van der Waals surface area contributed by atoms with E-state index in [-0.39, 0.29) is 5.56 Å². The van der Waals surface area contributed by atoms with Crippen LogP contribution in [0.1, 0.15) is 28.8 Å². The molecule has 10 heteroatoms. The predicted octanol–water partition coefficient (Wildman–Crippen LogP) is 2.14. The monoisotopic (exact) mass is 363 g/mol. The average Bonchev–Trinajstić information content (AvgIpc) is 2.80. The number of nitrogens with zero attached hydrogens (tertiary/aromatic N) is 1. The highest BCUT2D eigenvalue weighted by molar-refractivity contribution is 5.93. The third kappa shape index (κ3) is 2.69. The molecule has 1 aromatic rings. The highest BCUT2D eigenvalue weighted by Crippen LogP contribution is 2.55. The van der Waals surface area contributed by atoms with Crippen LogP contribution in [-0.4, -0.2) is 30.4 Å². The molecule has 0 saturated heterocycles. The van der Waals surface area contributed by atoms with Crippen LogP contribution in [0.25, 0.3) is 0 Å². The van der Waals surface area contributed by atoms with E-state index in [1.165, 1.54) is 0 Å². The van der Waals surface area contributed by atoms with Gasteiger partial charge in [0.2, 0.25) is 5.91 Å². The second-order valence-electron chi connectivity index (χ2n) is 6.16. The zero-order valence-corrected chi connectivity index (χ0v) is 12.7. The molecule has 1 heterocycles. The predicted molar refractivity (Wildman–Crippen MR) is 76.8 cm³/mol. The highest BCUT2D eigenvalue weighted by atomic mass is 19.3. The van der Waals surface area contributed by atoms with Crippen molar-refractivity contribution >= 4 is 11.9 Å². The van der Waals surface area contributed by atoms with Gasteiger partial charge in [0.1, 0.15) is 11.9 Å². The Balaban J connectivity index is 2.25. The van der Waals surface area contributed by atoms with E-state index in [9.17, 15) is 26.7 Å². The van der Waals surface area contributed by atoms with Crippen LogP contribution in [0.4, 0.5) is 22.0 Å². The maximum atomic E-state index is 14.4. The summed E-state index contributed by atoms with van der Waals surface area (Å²) in [6.45, 7) is 0. The van der Waals surface area contributed by atoms with Crippen molar-refractivity contribution in [1.29, 1.82) is 0 Å². The summed E-state index contributed by atoms with van der Waals surface area (Å²) in [7, 11) is 0. The van der Waals surface area contributed by atoms with Crippen LogP contribution < -0.4 is 11.5 Å². The molecular weight excluding hydrogens is 349 g/mol. The second kappa shape index (κ2) is 5.57. The minimum atomic E-state index is -3.37. The van der Waals surface area contributed by atoms with Crippen LogP contribution in [0.3, 0.4) is 0 Å². The van der Waals surface area contributed by atoms with Crippen molar-refractivity contribution in [1.82, 2.24) is 0 Å². The van der Waals surface area contributed by atoms with Gasteiger partial charge in [-0.2, -0.15) is 0 Å². The molecule has 4 N–H and O–H groups in total. The van der Waals surface area contributed by atoms with E-state index >= 15 is 0 Å². The van der Waals surface area contributed by atoms with Crippen LogP contribution in [0.5, 0.6) is 0 Å². The second-order valence-corrected chi connectivity index (χ2v) is 6.16. The van der Waals surface area contributed by atoms with E-state index in [1.54, 1.807) is 0 Å². The minimum absolute atomic E-state index is 0.252. The van der Waals surface area contributed by atoms with Crippen LogP contribution in [0, 0.1) is 11.7 Å². The van der Waals surface area contributed by atoms with Crippen molar-refractivity contribution in [2.45, 2.75) is 36.8 Å². The molecule has 25 heavy (non-hydrogen) atoms. The average molecular weight is 363 g/mol. The summed E-state index contributed by atoms with van der Waals surface area (Å²) in [5, 5.41) is 0. The number of hydrogen-bond acceptors (Lipinski definition) is 4. The SMILES string of the molecule is NC(=O)c1ccc(F)c(C2(C(F)F)N=C(N)OC3CC(F)(F)CC32)c1. The van der Waals surface area contributed by atoms with Gasteiger partial charge in [-0.25, -0.2) is 26.9 Å². The number of benzene rings is 1. The van der Waals surface area contributed by atoms with Gasteiger partial charge in [0, 0.05) is 29.9 Å². The molecule has 1 aliphatic heterocycles. The zero-order valence-electron chi connectivity index (χ0n) is 12.7. The first-order valence-electron chi connectivity index (χ1n) is 7.34. The fraction of sp³-hybridized carbons (Fsp3) is 0.467. The molecule has 0 aromatic heterocycles. The Morgan fingerprint density at radius 2 is 2.00 bits per heavy atom. The molecule has 1 saturated carbocycles. The summed E-state index contributed by atoms with van der Waals surface area (Å²) in [4.78, 5) is 14.9. The number of aliphatic imine (C=N–C) groups is 1. The van der Waals surface area contributed by atoms with Gasteiger partial charge in [0.15, 0.2) is 5.54 Å². The number of ether oxygens (including phenoxy) is 1. The number of nitrogens with two attached hydrogens (primary N) is 2. The minimum Gasteiger partial charge on any atom is -0.461 e.